The zero-order chi connectivity index (χ0) is 23.3. The molecule has 3 aromatic carbocycles. The summed E-state index contributed by atoms with van der Waals surface area (Å²) in [6, 6.07) is 15.4. The highest BCUT2D eigenvalue weighted by atomic mass is 32.2. The summed E-state index contributed by atoms with van der Waals surface area (Å²) in [5, 5.41) is 13.4. The lowest BCUT2D eigenvalue weighted by atomic mass is 10.2. The fraction of sp³-hybridized carbons (Fsp3) is 0.0952. The number of sulfonamides is 1. The van der Waals surface area contributed by atoms with E-state index in [0.717, 1.165) is 34.6 Å². The molecule has 0 saturated carbocycles. The zero-order valence-corrected chi connectivity index (χ0v) is 17.6. The molecule has 0 aliphatic rings. The third-order valence-corrected chi connectivity index (χ3v) is 6.18. The molecule has 0 aliphatic heterocycles. The van der Waals surface area contributed by atoms with Gasteiger partial charge in [-0.15, -0.1) is 0 Å². The number of non-ortho nitro benzene ring substituents is 1. The van der Waals surface area contributed by atoms with Gasteiger partial charge in [-0.25, -0.2) is 12.8 Å². The molecule has 11 heteroatoms. The molecule has 0 aromatic heterocycles. The maximum absolute atomic E-state index is 13.3. The summed E-state index contributed by atoms with van der Waals surface area (Å²) in [5.74, 6) is -0.857. The average Bonchev–Trinajstić information content (AvgIpc) is 2.78. The summed E-state index contributed by atoms with van der Waals surface area (Å²) < 4.78 is 45.7. The average molecular weight is 459 g/mol. The third kappa shape index (κ3) is 5.19. The Kier molecular flexibility index (Phi) is 6.69. The molecule has 0 atom stereocenters. The van der Waals surface area contributed by atoms with Gasteiger partial charge >= 0.3 is 0 Å². The molecular formula is C21H18FN3O6S. The first-order valence-corrected chi connectivity index (χ1v) is 10.6. The summed E-state index contributed by atoms with van der Waals surface area (Å²) in [6.07, 6.45) is 0. The Labute approximate surface area is 183 Å². The van der Waals surface area contributed by atoms with Crippen LogP contribution >= 0.6 is 0 Å². The van der Waals surface area contributed by atoms with Crippen molar-refractivity contribution in [1.82, 2.24) is 0 Å². The Morgan fingerprint density at radius 1 is 1.09 bits per heavy atom. The standard InChI is InChI=1S/C21H18FN3O6S/c1-31-19-9-7-17(8-10-19)24(32(29,30)20-11-5-15(22)6-12-20)14-21(26)23-16-3-2-4-18(13-16)25(27)28/h2-13H,14H2,1H3,(H,23,26). The second-order valence-corrected chi connectivity index (χ2v) is 8.38. The van der Waals surface area contributed by atoms with E-state index in [1.807, 2.05) is 0 Å². The second kappa shape index (κ2) is 9.43. The van der Waals surface area contributed by atoms with Gasteiger partial charge < -0.3 is 10.1 Å². The number of amides is 1. The number of ether oxygens (including phenoxy) is 1. The number of nitro groups is 1. The van der Waals surface area contributed by atoms with Crippen LogP contribution in [0.2, 0.25) is 0 Å². The van der Waals surface area contributed by atoms with Gasteiger partial charge in [0, 0.05) is 17.8 Å². The number of methoxy groups -OCH3 is 1. The van der Waals surface area contributed by atoms with Gasteiger partial charge in [-0.1, -0.05) is 6.07 Å². The lowest BCUT2D eigenvalue weighted by Crippen LogP contribution is -2.38. The Balaban J connectivity index is 1.93. The Morgan fingerprint density at radius 2 is 1.75 bits per heavy atom. The SMILES string of the molecule is COc1ccc(N(CC(=O)Nc2cccc([N+](=O)[O-])c2)S(=O)(=O)c2ccc(F)cc2)cc1. The summed E-state index contributed by atoms with van der Waals surface area (Å²) in [7, 11) is -2.79. The van der Waals surface area contributed by atoms with Crippen LogP contribution < -0.4 is 14.4 Å². The summed E-state index contributed by atoms with van der Waals surface area (Å²) in [4.78, 5) is 22.8. The molecule has 0 spiro atoms. The molecule has 1 N–H and O–H groups in total. The molecule has 9 nitrogen and oxygen atoms in total. The van der Waals surface area contributed by atoms with Gasteiger partial charge in [0.05, 0.1) is 22.6 Å². The minimum absolute atomic E-state index is 0.137. The van der Waals surface area contributed by atoms with Gasteiger partial charge in [0.15, 0.2) is 0 Å². The van der Waals surface area contributed by atoms with Gasteiger partial charge in [0.1, 0.15) is 18.1 Å². The molecule has 0 fully saturated rings. The highest BCUT2D eigenvalue weighted by Gasteiger charge is 2.27. The van der Waals surface area contributed by atoms with E-state index in [0.29, 0.717) is 5.75 Å². The number of hydrogen-bond donors (Lipinski definition) is 1. The molecule has 0 radical (unpaired) electrons. The highest BCUT2D eigenvalue weighted by Crippen LogP contribution is 2.26. The van der Waals surface area contributed by atoms with E-state index in [4.69, 9.17) is 4.74 Å². The minimum atomic E-state index is -4.24. The first kappa shape index (κ1) is 22.7. The molecule has 166 valence electrons. The zero-order valence-electron chi connectivity index (χ0n) is 16.8. The molecule has 0 heterocycles. The maximum Gasteiger partial charge on any atom is 0.271 e. The maximum atomic E-state index is 13.3. The van der Waals surface area contributed by atoms with Crippen LogP contribution in [0.1, 0.15) is 0 Å². The predicted octanol–water partition coefficient (Wildman–Crippen LogP) is 3.58. The number of nitro benzene ring substituents is 1. The normalized spacial score (nSPS) is 10.9. The number of halogens is 1. The Hall–Kier alpha value is -3.99. The molecule has 32 heavy (non-hydrogen) atoms. The van der Waals surface area contributed by atoms with Gasteiger partial charge in [0.25, 0.3) is 15.7 Å². The van der Waals surface area contributed by atoms with Crippen molar-refractivity contribution in [3.8, 4) is 5.75 Å². The van der Waals surface area contributed by atoms with Crippen molar-refractivity contribution < 1.29 is 27.3 Å². The molecular weight excluding hydrogens is 441 g/mol. The first-order chi connectivity index (χ1) is 15.2. The molecule has 0 saturated heterocycles. The van der Waals surface area contributed by atoms with Gasteiger partial charge in [-0.3, -0.25) is 19.2 Å². The van der Waals surface area contributed by atoms with Crippen LogP contribution in [0.15, 0.2) is 77.7 Å². The molecule has 1 amide bonds. The van der Waals surface area contributed by atoms with Crippen LogP contribution in [-0.4, -0.2) is 32.9 Å². The van der Waals surface area contributed by atoms with Crippen LogP contribution in [0.25, 0.3) is 0 Å². The Morgan fingerprint density at radius 3 is 2.34 bits per heavy atom. The van der Waals surface area contributed by atoms with Crippen LogP contribution in [0, 0.1) is 15.9 Å². The van der Waals surface area contributed by atoms with E-state index in [-0.39, 0.29) is 22.0 Å². The van der Waals surface area contributed by atoms with Gasteiger partial charge in [-0.05, 0) is 54.6 Å². The molecule has 3 aromatic rings. The molecule has 0 aliphatic carbocycles. The number of carbonyl (C=O) groups excluding carboxylic acids is 1. The lowest BCUT2D eigenvalue weighted by Gasteiger charge is -2.24. The van der Waals surface area contributed by atoms with Crippen molar-refractivity contribution in [1.29, 1.82) is 0 Å². The molecule has 0 unspecified atom stereocenters. The number of hydrogen-bond acceptors (Lipinski definition) is 6. The van der Waals surface area contributed by atoms with Crippen molar-refractivity contribution in [3.63, 3.8) is 0 Å². The minimum Gasteiger partial charge on any atom is -0.497 e. The van der Waals surface area contributed by atoms with E-state index in [1.54, 1.807) is 0 Å². The number of anilines is 2. The number of nitrogens with zero attached hydrogens (tertiary/aromatic N) is 2. The summed E-state index contributed by atoms with van der Waals surface area (Å²) in [6.45, 7) is -0.630. The predicted molar refractivity (Wildman–Crippen MR) is 116 cm³/mol. The van der Waals surface area contributed by atoms with Gasteiger partial charge in [0.2, 0.25) is 5.91 Å². The fourth-order valence-electron chi connectivity index (χ4n) is 2.83. The number of carbonyl (C=O) groups is 1. The first-order valence-electron chi connectivity index (χ1n) is 9.17. The van der Waals surface area contributed by atoms with Crippen molar-refractivity contribution in [2.24, 2.45) is 0 Å². The van der Waals surface area contributed by atoms with E-state index in [1.165, 1.54) is 49.6 Å². The second-order valence-electron chi connectivity index (χ2n) is 6.52. The fourth-order valence-corrected chi connectivity index (χ4v) is 4.25. The van der Waals surface area contributed by atoms with Crippen LogP contribution in [0.5, 0.6) is 5.75 Å². The lowest BCUT2D eigenvalue weighted by molar-refractivity contribution is -0.384. The molecule has 3 rings (SSSR count). The third-order valence-electron chi connectivity index (χ3n) is 4.39. The highest BCUT2D eigenvalue weighted by molar-refractivity contribution is 7.92. The quantitative estimate of drug-likeness (QED) is 0.406. The van der Waals surface area contributed by atoms with E-state index >= 15 is 0 Å². The van der Waals surface area contributed by atoms with Gasteiger partial charge in [-0.2, -0.15) is 0 Å². The van der Waals surface area contributed by atoms with Crippen LogP contribution in [0.4, 0.5) is 21.5 Å². The van der Waals surface area contributed by atoms with E-state index in [2.05, 4.69) is 5.32 Å². The van der Waals surface area contributed by atoms with Crippen molar-refractivity contribution in [3.05, 3.63) is 88.7 Å². The number of benzene rings is 3. The number of nitrogens with one attached hydrogen (secondary N) is 1. The van der Waals surface area contributed by atoms with Crippen molar-refractivity contribution in [2.75, 3.05) is 23.3 Å². The smallest absolute Gasteiger partial charge is 0.271 e. The number of rotatable bonds is 8. The summed E-state index contributed by atoms with van der Waals surface area (Å²) >= 11 is 0. The van der Waals surface area contributed by atoms with Crippen molar-refractivity contribution in [2.45, 2.75) is 4.90 Å². The van der Waals surface area contributed by atoms with E-state index in [9.17, 15) is 27.7 Å². The monoisotopic (exact) mass is 459 g/mol. The van der Waals surface area contributed by atoms with Crippen molar-refractivity contribution >= 4 is 33.0 Å². The molecule has 0 bridgehead atoms. The largest absolute Gasteiger partial charge is 0.497 e. The summed E-state index contributed by atoms with van der Waals surface area (Å²) in [5.41, 5.74) is 0.0797. The Bertz CT molecular complexity index is 1230. The van der Waals surface area contributed by atoms with Crippen LogP contribution in [-0.2, 0) is 14.8 Å². The van der Waals surface area contributed by atoms with E-state index < -0.39 is 33.2 Å². The topological polar surface area (TPSA) is 119 Å². The van der Waals surface area contributed by atoms with Crippen LogP contribution in [0.3, 0.4) is 0 Å².